The molecular formula is C8H15N3O2. The number of aromatic nitrogens is 2. The van der Waals surface area contributed by atoms with Crippen molar-refractivity contribution in [3.63, 3.8) is 0 Å². The van der Waals surface area contributed by atoms with Gasteiger partial charge in [-0.2, -0.15) is 0 Å². The maximum atomic E-state index is 10.2. The first kappa shape index (κ1) is 11.6. The van der Waals surface area contributed by atoms with E-state index in [9.17, 15) is 9.90 Å². The molecule has 0 bridgehead atoms. The fourth-order valence-electron chi connectivity index (χ4n) is 0.352. The lowest BCUT2D eigenvalue weighted by atomic mass is 10.7. The van der Waals surface area contributed by atoms with Crippen molar-refractivity contribution in [2.75, 3.05) is 28.2 Å². The molecule has 5 heteroatoms. The highest BCUT2D eigenvalue weighted by atomic mass is 16.3. The average Bonchev–Trinajstić information content (AvgIpc) is 1.81. The molecule has 0 atom stereocenters. The molecule has 1 heterocycles. The van der Waals surface area contributed by atoms with Gasteiger partial charge in [0.1, 0.15) is 0 Å². The third kappa shape index (κ3) is 10.6. The Balaban J connectivity index is 0.000000252. The van der Waals surface area contributed by atoms with Crippen LogP contribution in [0.1, 0.15) is 0 Å². The first-order valence-corrected chi connectivity index (χ1v) is 3.80. The van der Waals surface area contributed by atoms with E-state index in [1.165, 1.54) is 12.3 Å². The first-order valence-electron chi connectivity index (χ1n) is 3.80. The Labute approximate surface area is 77.3 Å². The van der Waals surface area contributed by atoms with Gasteiger partial charge in [-0.3, -0.25) is 9.78 Å². The molecule has 0 aliphatic rings. The van der Waals surface area contributed by atoms with E-state index in [4.69, 9.17) is 0 Å². The molecule has 1 aromatic heterocycles. The van der Waals surface area contributed by atoms with Crippen molar-refractivity contribution in [1.29, 1.82) is 0 Å². The van der Waals surface area contributed by atoms with Crippen molar-refractivity contribution in [1.82, 2.24) is 9.97 Å². The second kappa shape index (κ2) is 4.61. The number of quaternary nitrogens is 1. The monoisotopic (exact) mass is 185 g/mol. The summed E-state index contributed by atoms with van der Waals surface area (Å²) in [5.41, 5.74) is -0.412. The minimum Gasteiger partial charge on any atom is -0.846 e. The van der Waals surface area contributed by atoms with Crippen molar-refractivity contribution in [2.45, 2.75) is 0 Å². The standard InChI is InChI=1S/C4H4N2O2.C4H12N/c7-3-1-2-5-4(8)6-3;1-5(2,3)4/h1-2H,(H2,5,6,7,8);1-4H3/q;+1/p-1. The molecule has 1 aromatic rings. The van der Waals surface area contributed by atoms with E-state index in [0.717, 1.165) is 4.48 Å². The summed E-state index contributed by atoms with van der Waals surface area (Å²) >= 11 is 0. The number of rotatable bonds is 0. The van der Waals surface area contributed by atoms with Gasteiger partial charge in [0.25, 0.3) is 0 Å². The Bertz CT molecular complexity index is 295. The molecule has 0 radical (unpaired) electrons. The Morgan fingerprint density at radius 1 is 1.38 bits per heavy atom. The number of hydrogen-bond donors (Lipinski definition) is 1. The predicted molar refractivity (Wildman–Crippen MR) is 48.3 cm³/mol. The number of H-pyrrole nitrogens is 1. The zero-order chi connectivity index (χ0) is 10.5. The van der Waals surface area contributed by atoms with Crippen molar-refractivity contribution in [3.05, 3.63) is 22.6 Å². The summed E-state index contributed by atoms with van der Waals surface area (Å²) in [6.07, 6.45) is 1.17. The quantitative estimate of drug-likeness (QED) is 0.536. The maximum Gasteiger partial charge on any atom is 0.250 e. The van der Waals surface area contributed by atoms with Crippen LogP contribution in [0.15, 0.2) is 17.1 Å². The predicted octanol–water partition coefficient (Wildman–Crippen LogP) is -0.834. The second-order valence-electron chi connectivity index (χ2n) is 3.92. The number of nitrogens with one attached hydrogen (secondary N) is 1. The second-order valence-corrected chi connectivity index (χ2v) is 3.92. The summed E-state index contributed by atoms with van der Waals surface area (Å²) < 4.78 is 1.00. The molecule has 0 amide bonds. The molecule has 0 spiro atoms. The molecule has 5 nitrogen and oxygen atoms in total. The molecule has 0 saturated carbocycles. The van der Waals surface area contributed by atoms with Crippen molar-refractivity contribution < 1.29 is 9.59 Å². The van der Waals surface area contributed by atoms with E-state index in [1.807, 2.05) is 4.98 Å². The average molecular weight is 185 g/mol. The largest absolute Gasteiger partial charge is 0.846 e. The van der Waals surface area contributed by atoms with Gasteiger partial charge in [0.15, 0.2) is 0 Å². The van der Waals surface area contributed by atoms with Crippen LogP contribution in [0.2, 0.25) is 0 Å². The third-order valence-corrected chi connectivity index (χ3v) is 0.648. The molecule has 0 fully saturated rings. The van der Waals surface area contributed by atoms with Gasteiger partial charge in [-0.1, -0.05) is 0 Å². The van der Waals surface area contributed by atoms with Crippen LogP contribution in [0.25, 0.3) is 0 Å². The maximum absolute atomic E-state index is 10.2. The molecule has 13 heavy (non-hydrogen) atoms. The Kier molecular flexibility index (Phi) is 4.13. The summed E-state index contributed by atoms with van der Waals surface area (Å²) in [6.45, 7) is 0. The molecule has 0 aromatic carbocycles. The van der Waals surface area contributed by atoms with E-state index >= 15 is 0 Å². The Morgan fingerprint density at radius 2 is 1.85 bits per heavy atom. The van der Waals surface area contributed by atoms with Crippen LogP contribution in [0.5, 0.6) is 6.01 Å². The molecule has 1 N–H and O–H groups in total. The lowest BCUT2D eigenvalue weighted by Gasteiger charge is -2.14. The van der Waals surface area contributed by atoms with Crippen molar-refractivity contribution >= 4 is 0 Å². The third-order valence-electron chi connectivity index (χ3n) is 0.648. The van der Waals surface area contributed by atoms with Crippen LogP contribution in [0, 0.1) is 0 Å². The van der Waals surface area contributed by atoms with Crippen LogP contribution in [-0.4, -0.2) is 42.6 Å². The molecule has 74 valence electrons. The van der Waals surface area contributed by atoms with Gasteiger partial charge in [0.05, 0.1) is 34.2 Å². The summed E-state index contributed by atoms with van der Waals surface area (Å²) in [4.78, 5) is 15.4. The van der Waals surface area contributed by atoms with Crippen molar-refractivity contribution in [2.24, 2.45) is 0 Å². The van der Waals surface area contributed by atoms with Crippen LogP contribution in [0.4, 0.5) is 0 Å². The first-order chi connectivity index (χ1) is 5.79. The van der Waals surface area contributed by atoms with Gasteiger partial charge in [0.2, 0.25) is 5.56 Å². The SMILES string of the molecule is C[N+](C)(C)C.O=c1ccnc([O-])[nH]1. The van der Waals surface area contributed by atoms with Gasteiger partial charge in [-0.15, -0.1) is 0 Å². The minimum absolute atomic E-state index is 0.412. The molecule has 0 aliphatic carbocycles. The molecule has 0 saturated heterocycles. The zero-order valence-electron chi connectivity index (χ0n) is 8.37. The molecule has 0 aliphatic heterocycles. The summed E-state index contributed by atoms with van der Waals surface area (Å²) in [6, 6.07) is 0.582. The fraction of sp³-hybridized carbons (Fsp3) is 0.500. The zero-order valence-corrected chi connectivity index (χ0v) is 8.37. The lowest BCUT2D eigenvalue weighted by molar-refractivity contribution is -0.849. The smallest absolute Gasteiger partial charge is 0.250 e. The van der Waals surface area contributed by atoms with Crippen LogP contribution < -0.4 is 10.7 Å². The van der Waals surface area contributed by atoms with Gasteiger partial charge >= 0.3 is 0 Å². The highest BCUT2D eigenvalue weighted by Gasteiger charge is 1.88. The van der Waals surface area contributed by atoms with E-state index in [-0.39, 0.29) is 0 Å². The summed E-state index contributed by atoms with van der Waals surface area (Å²) in [5.74, 6) is 0. The van der Waals surface area contributed by atoms with Gasteiger partial charge in [0, 0.05) is 12.3 Å². The van der Waals surface area contributed by atoms with Crippen LogP contribution in [0.3, 0.4) is 0 Å². The highest BCUT2D eigenvalue weighted by molar-refractivity contribution is 4.89. The number of nitrogens with zero attached hydrogens (tertiary/aromatic N) is 2. The highest BCUT2D eigenvalue weighted by Crippen LogP contribution is 1.79. The van der Waals surface area contributed by atoms with Crippen molar-refractivity contribution in [3.8, 4) is 6.01 Å². The summed E-state index contributed by atoms with van der Waals surface area (Å²) in [7, 11) is 8.50. The van der Waals surface area contributed by atoms with E-state index in [2.05, 4.69) is 33.2 Å². The van der Waals surface area contributed by atoms with E-state index < -0.39 is 11.6 Å². The molecule has 0 unspecified atom stereocenters. The van der Waals surface area contributed by atoms with Crippen LogP contribution >= 0.6 is 0 Å². The van der Waals surface area contributed by atoms with Gasteiger partial charge < -0.3 is 14.6 Å². The number of aromatic amines is 1. The topological polar surface area (TPSA) is 68.8 Å². The molecule has 1 rings (SSSR count). The summed E-state index contributed by atoms with van der Waals surface area (Å²) in [5, 5.41) is 10.1. The minimum atomic E-state index is -0.600. The lowest BCUT2D eigenvalue weighted by Crippen LogP contribution is -2.27. The Morgan fingerprint density at radius 3 is 2.08 bits per heavy atom. The normalized spacial score (nSPS) is 10.2. The molecular weight excluding hydrogens is 170 g/mol. The van der Waals surface area contributed by atoms with E-state index in [0.29, 0.717) is 0 Å². The number of hydrogen-bond acceptors (Lipinski definition) is 3. The fourth-order valence-corrected chi connectivity index (χ4v) is 0.352. The van der Waals surface area contributed by atoms with Crippen LogP contribution in [-0.2, 0) is 0 Å². The Hall–Kier alpha value is -1.36. The van der Waals surface area contributed by atoms with Gasteiger partial charge in [-0.25, -0.2) is 0 Å². The van der Waals surface area contributed by atoms with E-state index in [1.54, 1.807) is 0 Å². The van der Waals surface area contributed by atoms with Gasteiger partial charge in [-0.05, 0) is 0 Å².